The number of aryl methyl sites for hydroxylation is 1. The molecule has 2 rings (SSSR count). The fourth-order valence-electron chi connectivity index (χ4n) is 1.85. The van der Waals surface area contributed by atoms with Crippen LogP contribution in [0.3, 0.4) is 0 Å². The van der Waals surface area contributed by atoms with Crippen molar-refractivity contribution in [1.82, 2.24) is 9.55 Å². The molecule has 0 saturated carbocycles. The van der Waals surface area contributed by atoms with E-state index in [1.54, 1.807) is 13.2 Å². The molecule has 1 heterocycles. The Morgan fingerprint density at radius 3 is 2.89 bits per heavy atom. The zero-order valence-corrected chi connectivity index (χ0v) is 11.1. The van der Waals surface area contributed by atoms with Crippen LogP contribution in [0, 0.1) is 0 Å². The van der Waals surface area contributed by atoms with Crippen molar-refractivity contribution in [1.29, 1.82) is 0 Å². The van der Waals surface area contributed by atoms with Crippen molar-refractivity contribution >= 4 is 11.6 Å². The number of imidazole rings is 1. The number of methoxy groups -OCH3 is 1. The lowest BCUT2D eigenvalue weighted by Gasteiger charge is -2.06. The van der Waals surface area contributed by atoms with Crippen LogP contribution in [0.25, 0.3) is 11.3 Å². The van der Waals surface area contributed by atoms with Gasteiger partial charge in [0.25, 0.3) is 0 Å². The lowest BCUT2D eigenvalue weighted by Crippen LogP contribution is -1.99. The van der Waals surface area contributed by atoms with E-state index >= 15 is 0 Å². The Hall–Kier alpha value is -1.52. The molecule has 1 N–H and O–H groups in total. The molecule has 0 atom stereocenters. The third kappa shape index (κ3) is 2.49. The molecule has 96 valence electrons. The first-order chi connectivity index (χ1) is 8.65. The van der Waals surface area contributed by atoms with E-state index in [1.807, 2.05) is 29.9 Å². The Morgan fingerprint density at radius 1 is 1.44 bits per heavy atom. The van der Waals surface area contributed by atoms with Gasteiger partial charge < -0.3 is 14.4 Å². The Balaban J connectivity index is 2.47. The molecule has 1 aromatic heterocycles. The largest absolute Gasteiger partial charge is 0.496 e. The van der Waals surface area contributed by atoms with Crippen LogP contribution in [0.15, 0.2) is 24.4 Å². The van der Waals surface area contributed by atoms with Gasteiger partial charge in [-0.3, -0.25) is 0 Å². The number of halogens is 1. The van der Waals surface area contributed by atoms with Crippen molar-refractivity contribution < 1.29 is 9.84 Å². The number of benzene rings is 1. The molecule has 2 aromatic rings. The highest BCUT2D eigenvalue weighted by molar-refractivity contribution is 6.30. The minimum Gasteiger partial charge on any atom is -0.496 e. The summed E-state index contributed by atoms with van der Waals surface area (Å²) >= 11 is 6.00. The molecular formula is C13H15ClN2O2. The molecule has 0 radical (unpaired) electrons. The number of nitrogens with zero attached hydrogens (tertiary/aromatic N) is 2. The van der Waals surface area contributed by atoms with Gasteiger partial charge in [0, 0.05) is 30.3 Å². The number of ether oxygens (including phenoxy) is 1. The van der Waals surface area contributed by atoms with E-state index in [2.05, 4.69) is 4.98 Å². The summed E-state index contributed by atoms with van der Waals surface area (Å²) in [6.45, 7) is 0.0803. The minimum absolute atomic E-state index is 0.0803. The quantitative estimate of drug-likeness (QED) is 0.924. The predicted molar refractivity (Wildman–Crippen MR) is 71.0 cm³/mol. The summed E-state index contributed by atoms with van der Waals surface area (Å²) in [6, 6.07) is 5.42. The van der Waals surface area contributed by atoms with E-state index in [4.69, 9.17) is 21.4 Å². The monoisotopic (exact) mass is 266 g/mol. The van der Waals surface area contributed by atoms with Crippen LogP contribution >= 0.6 is 11.6 Å². The maximum absolute atomic E-state index is 8.97. The van der Waals surface area contributed by atoms with Gasteiger partial charge in [0.2, 0.25) is 0 Å². The summed E-state index contributed by atoms with van der Waals surface area (Å²) in [6.07, 6.45) is 2.43. The molecular weight excluding hydrogens is 252 g/mol. The van der Waals surface area contributed by atoms with Gasteiger partial charge in [-0.25, -0.2) is 4.98 Å². The molecule has 5 heteroatoms. The number of hydrogen-bond acceptors (Lipinski definition) is 3. The van der Waals surface area contributed by atoms with Gasteiger partial charge in [-0.1, -0.05) is 11.6 Å². The molecule has 0 fully saturated rings. The van der Waals surface area contributed by atoms with Crippen LogP contribution in [0.1, 0.15) is 5.82 Å². The van der Waals surface area contributed by atoms with Gasteiger partial charge in [0.1, 0.15) is 11.6 Å². The van der Waals surface area contributed by atoms with Gasteiger partial charge in [0.05, 0.1) is 19.4 Å². The standard InChI is InChI=1S/C13H15ClN2O2/c1-16-8-11(15-13(16)5-6-17)10-7-9(14)3-4-12(10)18-2/h3-4,7-8,17H,5-6H2,1-2H3. The summed E-state index contributed by atoms with van der Waals surface area (Å²) in [5, 5.41) is 9.61. The van der Waals surface area contributed by atoms with Crippen LogP contribution in [0.4, 0.5) is 0 Å². The zero-order valence-electron chi connectivity index (χ0n) is 10.4. The fourth-order valence-corrected chi connectivity index (χ4v) is 2.02. The first-order valence-corrected chi connectivity index (χ1v) is 6.00. The Labute approximate surface area is 111 Å². The first-order valence-electron chi connectivity index (χ1n) is 5.62. The lowest BCUT2D eigenvalue weighted by atomic mass is 10.1. The Kier molecular flexibility index (Phi) is 3.89. The van der Waals surface area contributed by atoms with Crippen molar-refractivity contribution in [2.45, 2.75) is 6.42 Å². The van der Waals surface area contributed by atoms with Crippen molar-refractivity contribution in [3.8, 4) is 17.0 Å². The van der Waals surface area contributed by atoms with Gasteiger partial charge in [-0.15, -0.1) is 0 Å². The van der Waals surface area contributed by atoms with Crippen LogP contribution in [0.2, 0.25) is 5.02 Å². The lowest BCUT2D eigenvalue weighted by molar-refractivity contribution is 0.295. The topological polar surface area (TPSA) is 47.3 Å². The normalized spacial score (nSPS) is 10.7. The van der Waals surface area contributed by atoms with Crippen molar-refractivity contribution in [3.63, 3.8) is 0 Å². The highest BCUT2D eigenvalue weighted by Gasteiger charge is 2.12. The third-order valence-corrected chi connectivity index (χ3v) is 2.98. The SMILES string of the molecule is COc1ccc(Cl)cc1-c1cn(C)c(CCO)n1. The average molecular weight is 267 g/mol. The van der Waals surface area contributed by atoms with E-state index in [1.165, 1.54) is 0 Å². The third-order valence-electron chi connectivity index (χ3n) is 2.75. The summed E-state index contributed by atoms with van der Waals surface area (Å²) in [4.78, 5) is 4.48. The van der Waals surface area contributed by atoms with E-state index < -0.39 is 0 Å². The number of aliphatic hydroxyl groups is 1. The van der Waals surface area contributed by atoms with Gasteiger partial charge in [-0.2, -0.15) is 0 Å². The fraction of sp³-hybridized carbons (Fsp3) is 0.308. The maximum Gasteiger partial charge on any atom is 0.128 e. The number of aromatic nitrogens is 2. The van der Waals surface area contributed by atoms with Crippen LogP contribution in [0.5, 0.6) is 5.75 Å². The smallest absolute Gasteiger partial charge is 0.128 e. The zero-order chi connectivity index (χ0) is 13.1. The maximum atomic E-state index is 8.97. The van der Waals surface area contributed by atoms with Crippen LogP contribution in [-0.2, 0) is 13.5 Å². The highest BCUT2D eigenvalue weighted by atomic mass is 35.5. The first kappa shape index (κ1) is 12.9. The van der Waals surface area contributed by atoms with E-state index in [-0.39, 0.29) is 6.61 Å². The Bertz CT molecular complexity index is 552. The minimum atomic E-state index is 0.0803. The molecule has 0 bridgehead atoms. The molecule has 4 nitrogen and oxygen atoms in total. The van der Waals surface area contributed by atoms with Crippen LogP contribution in [-0.4, -0.2) is 28.4 Å². The molecule has 0 aliphatic rings. The molecule has 0 aliphatic carbocycles. The molecule has 18 heavy (non-hydrogen) atoms. The number of rotatable bonds is 4. The average Bonchev–Trinajstić information content (AvgIpc) is 2.71. The van der Waals surface area contributed by atoms with Crippen molar-refractivity contribution in [2.75, 3.05) is 13.7 Å². The molecule has 0 saturated heterocycles. The molecule has 0 unspecified atom stereocenters. The molecule has 1 aromatic carbocycles. The van der Waals surface area contributed by atoms with E-state index in [9.17, 15) is 0 Å². The highest BCUT2D eigenvalue weighted by Crippen LogP contribution is 2.31. The molecule has 0 spiro atoms. The van der Waals surface area contributed by atoms with E-state index in [0.717, 1.165) is 22.8 Å². The van der Waals surface area contributed by atoms with Crippen molar-refractivity contribution in [3.05, 3.63) is 35.2 Å². The Morgan fingerprint density at radius 2 is 2.22 bits per heavy atom. The summed E-state index contributed by atoms with van der Waals surface area (Å²) in [5.74, 6) is 1.56. The van der Waals surface area contributed by atoms with Gasteiger partial charge in [0.15, 0.2) is 0 Å². The summed E-state index contributed by atoms with van der Waals surface area (Å²) < 4.78 is 7.20. The second-order valence-electron chi connectivity index (χ2n) is 3.97. The van der Waals surface area contributed by atoms with Crippen molar-refractivity contribution in [2.24, 2.45) is 7.05 Å². The predicted octanol–water partition coefficient (Wildman–Crippen LogP) is 2.28. The number of aliphatic hydroxyl groups excluding tert-OH is 1. The second-order valence-corrected chi connectivity index (χ2v) is 4.41. The molecule has 0 amide bonds. The number of hydrogen-bond donors (Lipinski definition) is 1. The second kappa shape index (κ2) is 5.42. The van der Waals surface area contributed by atoms with Crippen LogP contribution < -0.4 is 4.74 Å². The van der Waals surface area contributed by atoms with Gasteiger partial charge >= 0.3 is 0 Å². The van der Waals surface area contributed by atoms with E-state index in [0.29, 0.717) is 11.4 Å². The summed E-state index contributed by atoms with van der Waals surface area (Å²) in [7, 11) is 3.52. The summed E-state index contributed by atoms with van der Waals surface area (Å²) in [5.41, 5.74) is 1.64. The molecule has 0 aliphatic heterocycles. The van der Waals surface area contributed by atoms with Gasteiger partial charge in [-0.05, 0) is 18.2 Å².